The van der Waals surface area contributed by atoms with Crippen LogP contribution in [0.4, 0.5) is 15.8 Å². The van der Waals surface area contributed by atoms with E-state index in [9.17, 15) is 18.8 Å². The van der Waals surface area contributed by atoms with E-state index >= 15 is 0 Å². The zero-order valence-electron chi connectivity index (χ0n) is 22.8. The van der Waals surface area contributed by atoms with Gasteiger partial charge in [0.2, 0.25) is 11.8 Å². The lowest BCUT2D eigenvalue weighted by Gasteiger charge is -2.23. The second-order valence-corrected chi connectivity index (χ2v) is 9.95. The molecule has 2 aliphatic heterocycles. The van der Waals surface area contributed by atoms with Crippen molar-refractivity contribution in [2.24, 2.45) is 0 Å². The summed E-state index contributed by atoms with van der Waals surface area (Å²) in [6.07, 6.45) is 5.61. The Labute approximate surface area is 236 Å². The van der Waals surface area contributed by atoms with Gasteiger partial charge in [-0.1, -0.05) is 6.07 Å². The van der Waals surface area contributed by atoms with E-state index in [4.69, 9.17) is 9.47 Å². The number of nitrogens with one attached hydrogen (secondary N) is 5. The summed E-state index contributed by atoms with van der Waals surface area (Å²) in [5.74, 6) is -0.976. The van der Waals surface area contributed by atoms with Crippen molar-refractivity contribution < 1.29 is 28.2 Å². The number of amides is 3. The minimum atomic E-state index is -0.560. The molecule has 0 saturated heterocycles. The number of carbonyl (C=O) groups excluding carboxylic acids is 3. The number of fused-ring (bicyclic) bond motifs is 3. The topological polar surface area (TPSA) is 146 Å². The second kappa shape index (κ2) is 12.7. The van der Waals surface area contributed by atoms with Crippen molar-refractivity contribution in [1.29, 1.82) is 0 Å². The monoisotopic (exact) mass is 564 g/mol. The van der Waals surface area contributed by atoms with Crippen molar-refractivity contribution in [2.75, 3.05) is 38.7 Å². The molecule has 2 bridgehead atoms. The van der Waals surface area contributed by atoms with Gasteiger partial charge in [-0.2, -0.15) is 0 Å². The summed E-state index contributed by atoms with van der Waals surface area (Å²) in [4.78, 5) is 45.9. The van der Waals surface area contributed by atoms with Crippen LogP contribution in [0, 0.1) is 5.82 Å². The quantitative estimate of drug-likeness (QED) is 0.328. The summed E-state index contributed by atoms with van der Waals surface area (Å²) in [7, 11) is 1.37. The molecule has 2 aromatic heterocycles. The number of carbonyl (C=O) groups is 3. The Bertz CT molecular complexity index is 1440. The smallest absolute Gasteiger partial charge is 0.255 e. The van der Waals surface area contributed by atoms with Crippen LogP contribution < -0.4 is 30.7 Å². The molecule has 0 saturated carbocycles. The number of anilines is 2. The normalized spacial score (nSPS) is 18.3. The predicted octanol–water partition coefficient (Wildman–Crippen LogP) is 3.37. The molecule has 1 unspecified atom stereocenters. The Morgan fingerprint density at radius 3 is 2.73 bits per heavy atom. The Hall–Kier alpha value is -4.61. The fourth-order valence-electron chi connectivity index (χ4n) is 5.12. The van der Waals surface area contributed by atoms with Crippen LogP contribution in [0.5, 0.6) is 11.5 Å². The van der Waals surface area contributed by atoms with Crippen LogP contribution in [-0.4, -0.2) is 61.0 Å². The van der Waals surface area contributed by atoms with Gasteiger partial charge in [-0.15, -0.1) is 0 Å². The van der Waals surface area contributed by atoms with Gasteiger partial charge in [0.1, 0.15) is 5.75 Å². The lowest BCUT2D eigenvalue weighted by atomic mass is 9.93. The van der Waals surface area contributed by atoms with E-state index in [0.29, 0.717) is 85.0 Å². The van der Waals surface area contributed by atoms with Crippen molar-refractivity contribution in [3.8, 4) is 22.8 Å². The third kappa shape index (κ3) is 6.26. The number of hydrogen-bond acceptors (Lipinski definition) is 7. The highest BCUT2D eigenvalue weighted by atomic mass is 19.1. The van der Waals surface area contributed by atoms with Crippen LogP contribution in [0.2, 0.25) is 0 Å². The average Bonchev–Trinajstić information content (AvgIpc) is 3.34. The molecule has 1 aromatic carbocycles. The van der Waals surface area contributed by atoms with Gasteiger partial charge in [-0.05, 0) is 37.5 Å². The number of halogens is 1. The van der Waals surface area contributed by atoms with E-state index < -0.39 is 5.82 Å². The highest BCUT2D eigenvalue weighted by molar-refractivity contribution is 6.07. The van der Waals surface area contributed by atoms with Gasteiger partial charge >= 0.3 is 0 Å². The molecule has 0 aliphatic carbocycles. The van der Waals surface area contributed by atoms with Crippen LogP contribution >= 0.6 is 0 Å². The zero-order chi connectivity index (χ0) is 28.8. The molecule has 3 aromatic rings. The standard InChI is InChI=1S/C29H33FN6O5/c1-40-28-19(30)6-4-7-20(28)35-27-24-25-17(15-34-29(24)39)14-23(38)33-10-3-2-8-22(37)32-11-5-13-41-21-16-31-12-9-18(21)26(27)36-25/h4,6-7,9,12,16-17,35-36H,2-3,5,8,10-11,13-15H2,1H3,(H,32,37)(H,33,38)(H,34,39). The van der Waals surface area contributed by atoms with E-state index in [-0.39, 0.29) is 42.4 Å². The molecule has 1 atom stereocenters. The highest BCUT2D eigenvalue weighted by Crippen LogP contribution is 2.44. The number of para-hydroxylation sites is 1. The number of methoxy groups -OCH3 is 1. The third-order valence-electron chi connectivity index (χ3n) is 7.14. The van der Waals surface area contributed by atoms with E-state index in [2.05, 4.69) is 31.2 Å². The molecular formula is C29H33FN6O5. The number of H-pyrrole nitrogens is 1. The number of ether oxygens (including phenoxy) is 2. The third-order valence-corrected chi connectivity index (χ3v) is 7.14. The van der Waals surface area contributed by atoms with E-state index in [1.807, 2.05) is 0 Å². The van der Waals surface area contributed by atoms with Crippen molar-refractivity contribution in [1.82, 2.24) is 25.9 Å². The molecule has 5 N–H and O–H groups in total. The lowest BCUT2D eigenvalue weighted by Crippen LogP contribution is -2.37. The average molecular weight is 565 g/mol. The van der Waals surface area contributed by atoms with Crippen LogP contribution in [-0.2, 0) is 9.59 Å². The van der Waals surface area contributed by atoms with Gasteiger partial charge in [0.05, 0.1) is 42.5 Å². The number of aromatic amines is 1. The number of nitrogens with zero attached hydrogens (tertiary/aromatic N) is 1. The summed E-state index contributed by atoms with van der Waals surface area (Å²) >= 11 is 0. The molecule has 0 radical (unpaired) electrons. The number of rotatable bonds is 3. The summed E-state index contributed by atoms with van der Waals surface area (Å²) in [5.41, 5.74) is 2.77. The summed E-state index contributed by atoms with van der Waals surface area (Å²) in [6, 6.07) is 6.24. The number of aromatic nitrogens is 2. The largest absolute Gasteiger partial charge is 0.492 e. The molecule has 216 valence electrons. The van der Waals surface area contributed by atoms with E-state index in [1.54, 1.807) is 30.6 Å². The summed E-state index contributed by atoms with van der Waals surface area (Å²) in [5, 5.41) is 11.9. The fraction of sp³-hybridized carbons (Fsp3) is 0.379. The van der Waals surface area contributed by atoms with E-state index in [1.165, 1.54) is 13.2 Å². The minimum Gasteiger partial charge on any atom is -0.492 e. The van der Waals surface area contributed by atoms with Crippen LogP contribution in [0.1, 0.15) is 54.1 Å². The maximum Gasteiger partial charge on any atom is 0.255 e. The Morgan fingerprint density at radius 2 is 1.88 bits per heavy atom. The summed E-state index contributed by atoms with van der Waals surface area (Å²) in [6.45, 7) is 1.49. The predicted molar refractivity (Wildman–Crippen MR) is 150 cm³/mol. The molecule has 4 heterocycles. The van der Waals surface area contributed by atoms with Crippen LogP contribution in [0.3, 0.4) is 0 Å². The van der Waals surface area contributed by atoms with Gasteiger partial charge in [0, 0.05) is 55.8 Å². The molecule has 2 aliphatic rings. The molecule has 41 heavy (non-hydrogen) atoms. The summed E-state index contributed by atoms with van der Waals surface area (Å²) < 4.78 is 26.0. The first-order valence-electron chi connectivity index (χ1n) is 13.7. The van der Waals surface area contributed by atoms with Crippen LogP contribution in [0.15, 0.2) is 36.7 Å². The Kier molecular flexibility index (Phi) is 8.66. The zero-order valence-corrected chi connectivity index (χ0v) is 22.8. The molecule has 0 spiro atoms. The molecule has 11 nitrogen and oxygen atoms in total. The Balaban J connectivity index is 1.59. The molecule has 3 amide bonds. The molecule has 12 heteroatoms. The first kappa shape index (κ1) is 27.9. The highest BCUT2D eigenvalue weighted by Gasteiger charge is 2.34. The molecule has 0 fully saturated rings. The van der Waals surface area contributed by atoms with Gasteiger partial charge < -0.3 is 35.7 Å². The van der Waals surface area contributed by atoms with Crippen molar-refractivity contribution in [3.63, 3.8) is 0 Å². The van der Waals surface area contributed by atoms with Gasteiger partial charge in [0.15, 0.2) is 11.6 Å². The van der Waals surface area contributed by atoms with Crippen LogP contribution in [0.25, 0.3) is 11.3 Å². The maximum atomic E-state index is 14.6. The second-order valence-electron chi connectivity index (χ2n) is 9.95. The lowest BCUT2D eigenvalue weighted by molar-refractivity contribution is -0.121. The van der Waals surface area contributed by atoms with E-state index in [0.717, 1.165) is 0 Å². The van der Waals surface area contributed by atoms with Gasteiger partial charge in [-0.25, -0.2) is 4.39 Å². The number of pyridine rings is 1. The van der Waals surface area contributed by atoms with Crippen molar-refractivity contribution in [2.45, 2.75) is 38.0 Å². The first-order chi connectivity index (χ1) is 20.0. The molecular weight excluding hydrogens is 531 g/mol. The Morgan fingerprint density at radius 1 is 1.05 bits per heavy atom. The maximum absolute atomic E-state index is 14.6. The molecule has 5 rings (SSSR count). The number of hydrogen-bond donors (Lipinski definition) is 5. The minimum absolute atomic E-state index is 0.00441. The SMILES string of the molecule is COc1c(F)cccc1Nc1c2[nH]c3c1C(=O)NCC3CC(=O)NCCCCC(=O)NCCCOc1cnccc1-2. The van der Waals surface area contributed by atoms with Crippen molar-refractivity contribution in [3.05, 3.63) is 53.7 Å². The van der Waals surface area contributed by atoms with Crippen molar-refractivity contribution >= 4 is 29.1 Å². The van der Waals surface area contributed by atoms with Gasteiger partial charge in [-0.3, -0.25) is 19.4 Å². The van der Waals surface area contributed by atoms with Gasteiger partial charge in [0.25, 0.3) is 5.91 Å². The number of benzene rings is 1. The fourth-order valence-corrected chi connectivity index (χ4v) is 5.12. The first-order valence-corrected chi connectivity index (χ1v) is 13.7.